The van der Waals surface area contributed by atoms with Crippen molar-refractivity contribution in [2.24, 2.45) is 17.8 Å². The van der Waals surface area contributed by atoms with Gasteiger partial charge in [0.05, 0.1) is 32.2 Å². The highest BCUT2D eigenvalue weighted by Crippen LogP contribution is 2.39. The number of hydrogen-bond acceptors (Lipinski definition) is 5. The van der Waals surface area contributed by atoms with Gasteiger partial charge in [-0.15, -0.1) is 0 Å². The Labute approximate surface area is 93.0 Å². The Morgan fingerprint density at radius 3 is 3.06 bits per heavy atom. The van der Waals surface area contributed by atoms with E-state index in [-0.39, 0.29) is 18.5 Å². The summed E-state index contributed by atoms with van der Waals surface area (Å²) in [5.41, 5.74) is 0.773. The smallest absolute Gasteiger partial charge is 0.310 e. The van der Waals surface area contributed by atoms with Crippen LogP contribution in [0.2, 0.25) is 0 Å². The molecule has 0 amide bonds. The SMILES string of the molecule is COC(=O)[C@H]1CC(CO)=C[C@@H]2COC(=O)[C@H]21. The maximum Gasteiger partial charge on any atom is 0.310 e. The van der Waals surface area contributed by atoms with E-state index in [0.717, 1.165) is 5.57 Å². The minimum absolute atomic E-state index is 0.0924. The van der Waals surface area contributed by atoms with Crippen LogP contribution in [-0.2, 0) is 19.1 Å². The molecule has 1 aliphatic carbocycles. The van der Waals surface area contributed by atoms with Crippen LogP contribution in [0, 0.1) is 17.8 Å². The number of carbonyl (C=O) groups excluding carboxylic acids is 2. The monoisotopic (exact) mass is 226 g/mol. The zero-order valence-corrected chi connectivity index (χ0v) is 9.01. The van der Waals surface area contributed by atoms with Gasteiger partial charge in [-0.2, -0.15) is 0 Å². The second-order valence-corrected chi connectivity index (χ2v) is 4.14. The molecule has 0 bridgehead atoms. The predicted octanol–water partition coefficient (Wildman–Crippen LogP) is -0.113. The molecule has 1 aliphatic heterocycles. The molecule has 3 atom stereocenters. The number of aliphatic hydroxyl groups is 1. The molecule has 2 aliphatic rings. The van der Waals surface area contributed by atoms with Gasteiger partial charge in [0.15, 0.2) is 0 Å². The molecule has 0 spiro atoms. The Bertz CT molecular complexity index is 346. The number of ether oxygens (including phenoxy) is 2. The molecular weight excluding hydrogens is 212 g/mol. The summed E-state index contributed by atoms with van der Waals surface area (Å²) in [6, 6.07) is 0. The van der Waals surface area contributed by atoms with Crippen molar-refractivity contribution in [3.05, 3.63) is 11.6 Å². The van der Waals surface area contributed by atoms with Gasteiger partial charge < -0.3 is 14.6 Å². The van der Waals surface area contributed by atoms with E-state index in [1.54, 1.807) is 0 Å². The van der Waals surface area contributed by atoms with E-state index in [4.69, 9.17) is 9.84 Å². The van der Waals surface area contributed by atoms with Crippen LogP contribution >= 0.6 is 0 Å². The Morgan fingerprint density at radius 1 is 1.69 bits per heavy atom. The average molecular weight is 226 g/mol. The van der Waals surface area contributed by atoms with Crippen molar-refractivity contribution in [1.82, 2.24) is 0 Å². The first-order valence-electron chi connectivity index (χ1n) is 5.22. The summed E-state index contributed by atoms with van der Waals surface area (Å²) >= 11 is 0. The Balaban J connectivity index is 2.27. The van der Waals surface area contributed by atoms with Gasteiger partial charge in [0, 0.05) is 5.92 Å². The van der Waals surface area contributed by atoms with Crippen LogP contribution in [0.5, 0.6) is 0 Å². The fraction of sp³-hybridized carbons (Fsp3) is 0.636. The topological polar surface area (TPSA) is 72.8 Å². The maximum atomic E-state index is 11.6. The average Bonchev–Trinajstić information content (AvgIpc) is 2.69. The van der Waals surface area contributed by atoms with Crippen LogP contribution in [-0.4, -0.2) is 37.4 Å². The minimum atomic E-state index is -0.517. The van der Waals surface area contributed by atoms with E-state index in [1.807, 2.05) is 6.08 Å². The Kier molecular flexibility index (Phi) is 2.96. The van der Waals surface area contributed by atoms with E-state index < -0.39 is 17.8 Å². The normalized spacial score (nSPS) is 32.8. The Hall–Kier alpha value is -1.36. The van der Waals surface area contributed by atoms with Crippen molar-refractivity contribution in [3.63, 3.8) is 0 Å². The summed E-state index contributed by atoms with van der Waals surface area (Å²) in [6.45, 7) is 0.200. The molecule has 1 heterocycles. The molecule has 5 nitrogen and oxygen atoms in total. The number of methoxy groups -OCH3 is 1. The summed E-state index contributed by atoms with van der Waals surface area (Å²) in [7, 11) is 1.30. The van der Waals surface area contributed by atoms with Crippen molar-refractivity contribution < 1.29 is 24.2 Å². The fourth-order valence-electron chi connectivity index (χ4n) is 2.45. The lowest BCUT2D eigenvalue weighted by Crippen LogP contribution is -2.35. The second kappa shape index (κ2) is 4.25. The van der Waals surface area contributed by atoms with Crippen LogP contribution in [0.25, 0.3) is 0 Å². The van der Waals surface area contributed by atoms with Gasteiger partial charge in [-0.3, -0.25) is 9.59 Å². The lowest BCUT2D eigenvalue weighted by molar-refractivity contribution is -0.154. The molecule has 1 N–H and O–H groups in total. The van der Waals surface area contributed by atoms with Gasteiger partial charge in [-0.25, -0.2) is 0 Å². The molecule has 1 saturated heterocycles. The predicted molar refractivity (Wildman–Crippen MR) is 53.2 cm³/mol. The molecule has 16 heavy (non-hydrogen) atoms. The van der Waals surface area contributed by atoms with E-state index in [0.29, 0.717) is 13.0 Å². The summed E-state index contributed by atoms with van der Waals surface area (Å²) in [6.07, 6.45) is 2.22. The van der Waals surface area contributed by atoms with Crippen LogP contribution in [0.15, 0.2) is 11.6 Å². The number of hydrogen-bond donors (Lipinski definition) is 1. The highest BCUT2D eigenvalue weighted by Gasteiger charge is 2.47. The fourth-order valence-corrected chi connectivity index (χ4v) is 2.45. The molecule has 1 fully saturated rings. The van der Waals surface area contributed by atoms with Gasteiger partial charge in [0.1, 0.15) is 0 Å². The highest BCUT2D eigenvalue weighted by molar-refractivity contribution is 5.84. The lowest BCUT2D eigenvalue weighted by Gasteiger charge is -2.27. The number of fused-ring (bicyclic) bond motifs is 1. The molecule has 5 heteroatoms. The van der Waals surface area contributed by atoms with Gasteiger partial charge in [0.25, 0.3) is 0 Å². The van der Waals surface area contributed by atoms with E-state index in [2.05, 4.69) is 4.74 Å². The van der Waals surface area contributed by atoms with Crippen molar-refractivity contribution in [2.75, 3.05) is 20.3 Å². The Morgan fingerprint density at radius 2 is 2.44 bits per heavy atom. The molecule has 0 aromatic heterocycles. The zero-order valence-electron chi connectivity index (χ0n) is 9.01. The molecule has 0 aromatic rings. The maximum absolute atomic E-state index is 11.6. The van der Waals surface area contributed by atoms with E-state index >= 15 is 0 Å². The summed E-state index contributed by atoms with van der Waals surface area (Å²) < 4.78 is 9.63. The second-order valence-electron chi connectivity index (χ2n) is 4.14. The molecule has 0 radical (unpaired) electrons. The first kappa shape index (κ1) is 11.1. The zero-order chi connectivity index (χ0) is 11.7. The van der Waals surface area contributed by atoms with Crippen LogP contribution in [0.4, 0.5) is 0 Å². The molecule has 0 aromatic carbocycles. The summed E-state index contributed by atoms with van der Waals surface area (Å²) in [5, 5.41) is 9.10. The molecule has 0 saturated carbocycles. The first-order valence-corrected chi connectivity index (χ1v) is 5.22. The van der Waals surface area contributed by atoms with Crippen molar-refractivity contribution in [1.29, 1.82) is 0 Å². The number of rotatable bonds is 2. The third-order valence-corrected chi connectivity index (χ3v) is 3.22. The number of carbonyl (C=O) groups is 2. The van der Waals surface area contributed by atoms with Crippen LogP contribution in [0.1, 0.15) is 6.42 Å². The summed E-state index contributed by atoms with van der Waals surface area (Å²) in [5.74, 6) is -1.81. The van der Waals surface area contributed by atoms with Crippen molar-refractivity contribution in [2.45, 2.75) is 6.42 Å². The van der Waals surface area contributed by atoms with Crippen LogP contribution < -0.4 is 0 Å². The molecule has 88 valence electrons. The molecule has 2 rings (SSSR count). The third-order valence-electron chi connectivity index (χ3n) is 3.22. The minimum Gasteiger partial charge on any atom is -0.469 e. The first-order chi connectivity index (χ1) is 7.67. The lowest BCUT2D eigenvalue weighted by atomic mass is 9.74. The van der Waals surface area contributed by atoms with Gasteiger partial charge in [-0.1, -0.05) is 6.08 Å². The van der Waals surface area contributed by atoms with Crippen molar-refractivity contribution in [3.8, 4) is 0 Å². The molecule has 0 unspecified atom stereocenters. The van der Waals surface area contributed by atoms with Gasteiger partial charge >= 0.3 is 11.9 Å². The molecular formula is C11H14O5. The van der Waals surface area contributed by atoms with E-state index in [1.165, 1.54) is 7.11 Å². The highest BCUT2D eigenvalue weighted by atomic mass is 16.5. The van der Waals surface area contributed by atoms with E-state index in [9.17, 15) is 9.59 Å². The van der Waals surface area contributed by atoms with Crippen LogP contribution in [0.3, 0.4) is 0 Å². The van der Waals surface area contributed by atoms with Gasteiger partial charge in [-0.05, 0) is 12.0 Å². The van der Waals surface area contributed by atoms with Gasteiger partial charge in [0.2, 0.25) is 0 Å². The largest absolute Gasteiger partial charge is 0.469 e. The standard InChI is InChI=1S/C11H14O5/c1-15-10(13)8-3-6(4-12)2-7-5-16-11(14)9(7)8/h2,7-9,12H,3-5H2,1H3/t7-,8+,9-/m1/s1. The number of esters is 2. The number of aliphatic hydroxyl groups excluding tert-OH is 1. The number of cyclic esters (lactones) is 1. The summed E-state index contributed by atoms with van der Waals surface area (Å²) in [4.78, 5) is 23.1. The van der Waals surface area contributed by atoms with Crippen molar-refractivity contribution >= 4 is 11.9 Å². The third kappa shape index (κ3) is 1.71. The quantitative estimate of drug-likeness (QED) is 0.525.